The van der Waals surface area contributed by atoms with Gasteiger partial charge in [-0.2, -0.15) is 0 Å². The van der Waals surface area contributed by atoms with Gasteiger partial charge in [0.05, 0.1) is 11.0 Å². The summed E-state index contributed by atoms with van der Waals surface area (Å²) in [5.74, 6) is -0.646. The number of hydrogen-bond donors (Lipinski definition) is 3. The molecule has 0 fully saturated rings. The molecule has 0 aliphatic rings. The number of hydrogen-bond acceptors (Lipinski definition) is 5. The molecule has 0 saturated carbocycles. The van der Waals surface area contributed by atoms with Crippen LogP contribution in [0.1, 0.15) is 5.56 Å². The van der Waals surface area contributed by atoms with Crippen molar-refractivity contribution in [2.24, 2.45) is 0 Å². The molecule has 0 atom stereocenters. The first kappa shape index (κ1) is 14.6. The lowest BCUT2D eigenvalue weighted by Gasteiger charge is -2.09. The standard InChI is InChI=1S/C14H15FN4O2/c15-10-1-4-13(14(8-10)19(20)21)18-6-5-9-7-11(16)2-3-12(9)17/h1-4,7-8,18H,5-6,16-17H2. The van der Waals surface area contributed by atoms with Crippen molar-refractivity contribution in [2.45, 2.75) is 6.42 Å². The summed E-state index contributed by atoms with van der Waals surface area (Å²) >= 11 is 0. The van der Waals surface area contributed by atoms with E-state index in [1.54, 1.807) is 18.2 Å². The van der Waals surface area contributed by atoms with Gasteiger partial charge in [-0.05, 0) is 42.3 Å². The molecule has 0 amide bonds. The first-order valence-electron chi connectivity index (χ1n) is 6.29. The smallest absolute Gasteiger partial charge is 0.295 e. The van der Waals surface area contributed by atoms with E-state index in [0.29, 0.717) is 24.3 Å². The van der Waals surface area contributed by atoms with Gasteiger partial charge in [0.1, 0.15) is 11.5 Å². The minimum atomic E-state index is -0.646. The number of nitrogens with two attached hydrogens (primary N) is 2. The average molecular weight is 290 g/mol. The fourth-order valence-electron chi connectivity index (χ4n) is 1.98. The number of nitrogens with zero attached hydrogens (tertiary/aromatic N) is 1. The van der Waals surface area contributed by atoms with Crippen molar-refractivity contribution in [1.82, 2.24) is 0 Å². The zero-order chi connectivity index (χ0) is 15.4. The topological polar surface area (TPSA) is 107 Å². The Morgan fingerprint density at radius 3 is 2.67 bits per heavy atom. The summed E-state index contributed by atoms with van der Waals surface area (Å²) < 4.78 is 13.0. The molecule has 0 bridgehead atoms. The molecule has 7 heteroatoms. The van der Waals surface area contributed by atoms with Crippen LogP contribution in [0.3, 0.4) is 0 Å². The molecule has 5 N–H and O–H groups in total. The van der Waals surface area contributed by atoms with Gasteiger partial charge in [-0.1, -0.05) is 0 Å². The first-order valence-corrected chi connectivity index (χ1v) is 6.29. The summed E-state index contributed by atoms with van der Waals surface area (Å²) in [6.07, 6.45) is 0.547. The second-order valence-corrected chi connectivity index (χ2v) is 4.55. The maximum atomic E-state index is 13.0. The van der Waals surface area contributed by atoms with Gasteiger partial charge in [0.15, 0.2) is 0 Å². The number of halogens is 1. The van der Waals surface area contributed by atoms with Crippen LogP contribution in [0.15, 0.2) is 36.4 Å². The Balaban J connectivity index is 2.07. The molecule has 0 spiro atoms. The van der Waals surface area contributed by atoms with Crippen molar-refractivity contribution in [3.63, 3.8) is 0 Å². The lowest BCUT2D eigenvalue weighted by atomic mass is 10.1. The Bertz CT molecular complexity index is 676. The quantitative estimate of drug-likeness (QED) is 0.445. The number of anilines is 3. The van der Waals surface area contributed by atoms with Crippen LogP contribution in [0.2, 0.25) is 0 Å². The summed E-state index contributed by atoms with van der Waals surface area (Å²) in [7, 11) is 0. The van der Waals surface area contributed by atoms with Crippen LogP contribution < -0.4 is 16.8 Å². The minimum Gasteiger partial charge on any atom is -0.399 e. The fourth-order valence-corrected chi connectivity index (χ4v) is 1.98. The summed E-state index contributed by atoms with van der Waals surface area (Å²) in [5.41, 5.74) is 13.5. The molecule has 21 heavy (non-hydrogen) atoms. The number of nitrogens with one attached hydrogen (secondary N) is 1. The van der Waals surface area contributed by atoms with E-state index in [1.165, 1.54) is 12.1 Å². The van der Waals surface area contributed by atoms with Crippen molar-refractivity contribution < 1.29 is 9.31 Å². The maximum absolute atomic E-state index is 13.0. The first-order chi connectivity index (χ1) is 9.97. The molecular formula is C14H15FN4O2. The molecular weight excluding hydrogens is 275 g/mol. The minimum absolute atomic E-state index is 0.267. The van der Waals surface area contributed by atoms with E-state index in [1.807, 2.05) is 0 Å². The third-order valence-electron chi connectivity index (χ3n) is 3.03. The largest absolute Gasteiger partial charge is 0.399 e. The molecule has 2 aromatic carbocycles. The predicted molar refractivity (Wildman–Crippen MR) is 80.5 cm³/mol. The lowest BCUT2D eigenvalue weighted by molar-refractivity contribution is -0.384. The summed E-state index contributed by atoms with van der Waals surface area (Å²) in [6.45, 7) is 0.417. The molecule has 0 radical (unpaired) electrons. The van der Waals surface area contributed by atoms with E-state index >= 15 is 0 Å². The monoisotopic (exact) mass is 290 g/mol. The maximum Gasteiger partial charge on any atom is 0.295 e. The zero-order valence-electron chi connectivity index (χ0n) is 11.2. The predicted octanol–water partition coefficient (Wildman–Crippen LogP) is 2.55. The van der Waals surface area contributed by atoms with Gasteiger partial charge in [-0.25, -0.2) is 4.39 Å². The number of benzene rings is 2. The van der Waals surface area contributed by atoms with Crippen molar-refractivity contribution in [3.8, 4) is 0 Å². The van der Waals surface area contributed by atoms with E-state index in [2.05, 4.69) is 5.32 Å². The molecule has 0 aliphatic heterocycles. The van der Waals surface area contributed by atoms with Crippen molar-refractivity contribution in [1.29, 1.82) is 0 Å². The molecule has 6 nitrogen and oxygen atoms in total. The normalized spacial score (nSPS) is 10.3. The van der Waals surface area contributed by atoms with E-state index in [-0.39, 0.29) is 11.4 Å². The summed E-state index contributed by atoms with van der Waals surface area (Å²) in [4.78, 5) is 10.2. The van der Waals surface area contributed by atoms with Crippen LogP contribution in [0.25, 0.3) is 0 Å². The van der Waals surface area contributed by atoms with Crippen molar-refractivity contribution in [3.05, 3.63) is 57.9 Å². The fraction of sp³-hybridized carbons (Fsp3) is 0.143. The third-order valence-corrected chi connectivity index (χ3v) is 3.03. The Morgan fingerprint density at radius 2 is 1.95 bits per heavy atom. The SMILES string of the molecule is Nc1ccc(N)c(CCNc2ccc(F)cc2[N+](=O)[O-])c1. The molecule has 0 saturated heterocycles. The second-order valence-electron chi connectivity index (χ2n) is 4.55. The number of nitrogen functional groups attached to an aromatic ring is 2. The Morgan fingerprint density at radius 1 is 1.19 bits per heavy atom. The Hall–Kier alpha value is -2.83. The van der Waals surface area contributed by atoms with Gasteiger partial charge >= 0.3 is 0 Å². The van der Waals surface area contributed by atoms with Gasteiger partial charge in [0.2, 0.25) is 0 Å². The van der Waals surface area contributed by atoms with Crippen LogP contribution in [0.5, 0.6) is 0 Å². The number of nitro groups is 1. The van der Waals surface area contributed by atoms with Crippen LogP contribution in [0.4, 0.5) is 27.1 Å². The highest BCUT2D eigenvalue weighted by Crippen LogP contribution is 2.25. The Labute approximate surface area is 120 Å². The number of nitro benzene ring substituents is 1. The van der Waals surface area contributed by atoms with E-state index in [4.69, 9.17) is 11.5 Å². The molecule has 0 aromatic heterocycles. The lowest BCUT2D eigenvalue weighted by Crippen LogP contribution is -2.08. The summed E-state index contributed by atoms with van der Waals surface area (Å²) in [6, 6.07) is 8.58. The summed E-state index contributed by atoms with van der Waals surface area (Å²) in [5, 5.41) is 13.8. The highest BCUT2D eigenvalue weighted by molar-refractivity contribution is 5.62. The average Bonchev–Trinajstić information content (AvgIpc) is 2.44. The van der Waals surface area contributed by atoms with Gasteiger partial charge in [-0.15, -0.1) is 0 Å². The zero-order valence-corrected chi connectivity index (χ0v) is 11.2. The molecule has 0 heterocycles. The van der Waals surface area contributed by atoms with Crippen molar-refractivity contribution >= 4 is 22.7 Å². The molecule has 0 unspecified atom stereocenters. The number of rotatable bonds is 5. The third kappa shape index (κ3) is 3.59. The van der Waals surface area contributed by atoms with Crippen LogP contribution in [0, 0.1) is 15.9 Å². The molecule has 110 valence electrons. The molecule has 2 aromatic rings. The highest BCUT2D eigenvalue weighted by atomic mass is 19.1. The van der Waals surface area contributed by atoms with Crippen LogP contribution in [-0.2, 0) is 6.42 Å². The molecule has 2 rings (SSSR count). The van der Waals surface area contributed by atoms with E-state index in [9.17, 15) is 14.5 Å². The van der Waals surface area contributed by atoms with Crippen LogP contribution >= 0.6 is 0 Å². The van der Waals surface area contributed by atoms with Gasteiger partial charge < -0.3 is 16.8 Å². The van der Waals surface area contributed by atoms with Crippen molar-refractivity contribution in [2.75, 3.05) is 23.3 Å². The second kappa shape index (κ2) is 6.08. The van der Waals surface area contributed by atoms with Gasteiger partial charge in [-0.3, -0.25) is 10.1 Å². The Kier molecular flexibility index (Phi) is 4.22. The van der Waals surface area contributed by atoms with Gasteiger partial charge in [0.25, 0.3) is 5.69 Å². The van der Waals surface area contributed by atoms with Gasteiger partial charge in [0, 0.05) is 17.9 Å². The highest BCUT2D eigenvalue weighted by Gasteiger charge is 2.14. The van der Waals surface area contributed by atoms with E-state index in [0.717, 1.165) is 11.6 Å². The molecule has 0 aliphatic carbocycles. The van der Waals surface area contributed by atoms with Crippen LogP contribution in [-0.4, -0.2) is 11.5 Å². The van der Waals surface area contributed by atoms with E-state index < -0.39 is 10.7 Å².